The summed E-state index contributed by atoms with van der Waals surface area (Å²) >= 11 is 0. The van der Waals surface area contributed by atoms with E-state index in [9.17, 15) is 4.79 Å². The van der Waals surface area contributed by atoms with E-state index in [-0.39, 0.29) is 36.1 Å². The van der Waals surface area contributed by atoms with Gasteiger partial charge < -0.3 is 19.9 Å². The van der Waals surface area contributed by atoms with Crippen molar-refractivity contribution in [2.24, 2.45) is 10.9 Å². The lowest BCUT2D eigenvalue weighted by Gasteiger charge is -2.40. The van der Waals surface area contributed by atoms with Crippen LogP contribution in [0, 0.1) is 5.92 Å². The molecule has 1 aromatic carbocycles. The second-order valence-corrected chi connectivity index (χ2v) is 10.3. The second kappa shape index (κ2) is 10.6. The highest BCUT2D eigenvalue weighted by Crippen LogP contribution is 2.34. The van der Waals surface area contributed by atoms with E-state index >= 15 is 0 Å². The van der Waals surface area contributed by atoms with Crippen LogP contribution in [0.15, 0.2) is 29.3 Å². The molecule has 178 valence electrons. The number of halogens is 1. The molecule has 1 N–H and O–H groups in total. The monoisotopic (exact) mass is 554 g/mol. The van der Waals surface area contributed by atoms with Crippen molar-refractivity contribution in [2.75, 3.05) is 33.2 Å². The third-order valence-corrected chi connectivity index (χ3v) is 6.66. The summed E-state index contributed by atoms with van der Waals surface area (Å²) in [7, 11) is 1.86. The molecule has 0 bridgehead atoms. The van der Waals surface area contributed by atoms with Crippen LogP contribution in [-0.4, -0.2) is 66.7 Å². The average Bonchev–Trinajstić information content (AvgIpc) is 3.53. The number of hydrogen-bond acceptors (Lipinski definition) is 3. The summed E-state index contributed by atoms with van der Waals surface area (Å²) in [6.07, 6.45) is 5.38. The summed E-state index contributed by atoms with van der Waals surface area (Å²) in [5.41, 5.74) is 2.49. The van der Waals surface area contributed by atoms with Gasteiger partial charge in [-0.3, -0.25) is 4.99 Å². The number of likely N-dealkylation sites (tertiary alicyclic amines) is 1. The van der Waals surface area contributed by atoms with Crippen molar-refractivity contribution >= 4 is 36.0 Å². The van der Waals surface area contributed by atoms with Crippen molar-refractivity contribution < 1.29 is 9.53 Å². The van der Waals surface area contributed by atoms with Crippen LogP contribution in [0.3, 0.4) is 0 Å². The number of hydrogen-bond donors (Lipinski definition) is 1. The Bertz CT molecular complexity index is 810. The average molecular weight is 555 g/mol. The normalized spacial score (nSPS) is 21.2. The van der Waals surface area contributed by atoms with Gasteiger partial charge in [-0.2, -0.15) is 0 Å². The molecule has 0 aromatic heterocycles. The standard InChI is InChI=1S/C25H38N4O2.HI/c1-25(2,3)31-24(30)29(17-18-9-10-18)21-11-13-28(14-12-21)23(26-4)27-16-20-15-19-7-5-6-8-22(19)20;/h5-8,18,20-21H,9-17H2,1-4H3,(H,26,27);1H. The van der Waals surface area contributed by atoms with E-state index in [0.29, 0.717) is 11.8 Å². The molecular weight excluding hydrogens is 515 g/mol. The minimum absolute atomic E-state index is 0. The number of ether oxygens (including phenoxy) is 1. The Morgan fingerprint density at radius 2 is 1.88 bits per heavy atom. The van der Waals surface area contributed by atoms with Crippen LogP contribution in [0.25, 0.3) is 0 Å². The molecule has 32 heavy (non-hydrogen) atoms. The summed E-state index contributed by atoms with van der Waals surface area (Å²) < 4.78 is 5.73. The van der Waals surface area contributed by atoms with Gasteiger partial charge in [0.05, 0.1) is 0 Å². The molecule has 1 heterocycles. The largest absolute Gasteiger partial charge is 0.444 e. The zero-order valence-electron chi connectivity index (χ0n) is 20.0. The summed E-state index contributed by atoms with van der Waals surface area (Å²) in [4.78, 5) is 21.8. The number of nitrogens with zero attached hydrogens (tertiary/aromatic N) is 3. The van der Waals surface area contributed by atoms with Crippen LogP contribution in [0.5, 0.6) is 0 Å². The number of piperidine rings is 1. The maximum Gasteiger partial charge on any atom is 0.410 e. The van der Waals surface area contributed by atoms with Crippen molar-refractivity contribution in [2.45, 2.75) is 70.4 Å². The molecule has 1 saturated carbocycles. The van der Waals surface area contributed by atoms with Gasteiger partial charge in [0.15, 0.2) is 5.96 Å². The number of benzene rings is 1. The molecule has 2 aliphatic carbocycles. The molecule has 1 aliphatic heterocycles. The maximum absolute atomic E-state index is 12.9. The maximum atomic E-state index is 12.9. The van der Waals surface area contributed by atoms with E-state index in [2.05, 4.69) is 39.5 Å². The summed E-state index contributed by atoms with van der Waals surface area (Å²) in [6, 6.07) is 8.97. The van der Waals surface area contributed by atoms with Crippen LogP contribution in [0.4, 0.5) is 4.79 Å². The Labute approximate surface area is 210 Å². The third-order valence-electron chi connectivity index (χ3n) is 6.66. The molecule has 3 aliphatic rings. The van der Waals surface area contributed by atoms with Gasteiger partial charge in [-0.15, -0.1) is 24.0 Å². The molecular formula is C25H39IN4O2. The highest BCUT2D eigenvalue weighted by atomic mass is 127. The smallest absolute Gasteiger partial charge is 0.410 e. The minimum atomic E-state index is -0.453. The molecule has 7 heteroatoms. The van der Waals surface area contributed by atoms with Gasteiger partial charge in [-0.25, -0.2) is 4.79 Å². The van der Waals surface area contributed by atoms with Crippen molar-refractivity contribution in [3.63, 3.8) is 0 Å². The molecule has 2 fully saturated rings. The van der Waals surface area contributed by atoms with Crippen LogP contribution in [0.1, 0.15) is 63.5 Å². The molecule has 0 radical (unpaired) electrons. The zero-order valence-corrected chi connectivity index (χ0v) is 22.3. The number of fused-ring (bicyclic) bond motifs is 1. The molecule has 1 saturated heterocycles. The predicted molar refractivity (Wildman–Crippen MR) is 140 cm³/mol. The molecule has 6 nitrogen and oxygen atoms in total. The van der Waals surface area contributed by atoms with Gasteiger partial charge >= 0.3 is 6.09 Å². The molecule has 1 amide bonds. The van der Waals surface area contributed by atoms with Crippen molar-refractivity contribution in [3.05, 3.63) is 35.4 Å². The minimum Gasteiger partial charge on any atom is -0.444 e. The molecule has 0 spiro atoms. The first-order chi connectivity index (χ1) is 14.8. The first-order valence-electron chi connectivity index (χ1n) is 11.9. The van der Waals surface area contributed by atoms with E-state index in [1.165, 1.54) is 24.0 Å². The fourth-order valence-electron chi connectivity index (χ4n) is 4.75. The Morgan fingerprint density at radius 3 is 2.47 bits per heavy atom. The highest BCUT2D eigenvalue weighted by Gasteiger charge is 2.36. The SMILES string of the molecule is CN=C(NCC1Cc2ccccc21)N1CCC(N(CC2CC2)C(=O)OC(C)(C)C)CC1.I. The molecule has 1 unspecified atom stereocenters. The first kappa shape index (κ1) is 25.1. The molecule has 1 aromatic rings. The number of rotatable bonds is 5. The highest BCUT2D eigenvalue weighted by molar-refractivity contribution is 14.0. The lowest BCUT2D eigenvalue weighted by molar-refractivity contribution is 0.00928. The van der Waals surface area contributed by atoms with E-state index in [1.807, 2.05) is 32.7 Å². The summed E-state index contributed by atoms with van der Waals surface area (Å²) in [6.45, 7) is 9.42. The number of nitrogens with one attached hydrogen (secondary N) is 1. The Kier molecular flexibility index (Phi) is 8.33. The van der Waals surface area contributed by atoms with Crippen LogP contribution in [0.2, 0.25) is 0 Å². The molecule has 4 rings (SSSR count). The van der Waals surface area contributed by atoms with Gasteiger partial charge in [0, 0.05) is 45.2 Å². The number of carbonyl (C=O) groups is 1. The van der Waals surface area contributed by atoms with Crippen LogP contribution in [-0.2, 0) is 11.2 Å². The fourth-order valence-corrected chi connectivity index (χ4v) is 4.75. The number of amides is 1. The van der Waals surface area contributed by atoms with Crippen LogP contribution < -0.4 is 5.32 Å². The van der Waals surface area contributed by atoms with Crippen molar-refractivity contribution in [1.82, 2.24) is 15.1 Å². The first-order valence-corrected chi connectivity index (χ1v) is 11.9. The van der Waals surface area contributed by atoms with Gasteiger partial charge in [-0.1, -0.05) is 24.3 Å². The van der Waals surface area contributed by atoms with E-state index in [4.69, 9.17) is 4.74 Å². The van der Waals surface area contributed by atoms with Crippen molar-refractivity contribution in [3.8, 4) is 0 Å². The fraction of sp³-hybridized carbons (Fsp3) is 0.680. The lowest BCUT2D eigenvalue weighted by atomic mass is 9.78. The Hall–Kier alpha value is -1.51. The van der Waals surface area contributed by atoms with Crippen molar-refractivity contribution in [1.29, 1.82) is 0 Å². The molecule has 1 atom stereocenters. The topological polar surface area (TPSA) is 57.2 Å². The predicted octanol–water partition coefficient (Wildman–Crippen LogP) is 4.63. The van der Waals surface area contributed by atoms with Gasteiger partial charge in [0.25, 0.3) is 0 Å². The van der Waals surface area contributed by atoms with Gasteiger partial charge in [0.2, 0.25) is 0 Å². The van der Waals surface area contributed by atoms with Gasteiger partial charge in [-0.05, 0) is 69.9 Å². The number of guanidine groups is 1. The quantitative estimate of drug-likeness (QED) is 0.328. The van der Waals surface area contributed by atoms with E-state index in [0.717, 1.165) is 51.4 Å². The summed E-state index contributed by atoms with van der Waals surface area (Å²) in [5, 5.41) is 3.59. The third kappa shape index (κ3) is 6.29. The zero-order chi connectivity index (χ0) is 22.0. The number of aliphatic imine (C=N–C) groups is 1. The number of carbonyl (C=O) groups excluding carboxylic acids is 1. The summed E-state index contributed by atoms with van der Waals surface area (Å²) in [5.74, 6) is 2.21. The lowest BCUT2D eigenvalue weighted by Crippen LogP contribution is -2.53. The second-order valence-electron chi connectivity index (χ2n) is 10.3. The van der Waals surface area contributed by atoms with Gasteiger partial charge in [0.1, 0.15) is 5.60 Å². The van der Waals surface area contributed by atoms with E-state index in [1.54, 1.807) is 0 Å². The van der Waals surface area contributed by atoms with E-state index < -0.39 is 5.60 Å². The van der Waals surface area contributed by atoms with Crippen LogP contribution >= 0.6 is 24.0 Å². The Balaban J connectivity index is 0.00000289. The Morgan fingerprint density at radius 1 is 1.19 bits per heavy atom.